The van der Waals surface area contributed by atoms with Gasteiger partial charge >= 0.3 is 0 Å². The summed E-state index contributed by atoms with van der Waals surface area (Å²) in [6.45, 7) is 10.8. The summed E-state index contributed by atoms with van der Waals surface area (Å²) in [4.78, 5) is 0. The predicted molar refractivity (Wildman–Crippen MR) is 114 cm³/mol. The first-order valence-corrected chi connectivity index (χ1v) is 10.6. The molecule has 0 aliphatic rings. The Balaban J connectivity index is 2.24. The number of rotatable bonds is 12. The van der Waals surface area contributed by atoms with E-state index < -0.39 is 0 Å². The van der Waals surface area contributed by atoms with Gasteiger partial charge < -0.3 is 0 Å². The lowest BCUT2D eigenvalue weighted by atomic mass is 10.0. The first-order chi connectivity index (χ1) is 12.3. The normalized spacial score (nSPS) is 12.0. The summed E-state index contributed by atoms with van der Waals surface area (Å²) in [5.74, 6) is 0. The van der Waals surface area contributed by atoms with Crippen LogP contribution in [-0.2, 0) is 0 Å². The molecule has 0 N–H and O–H groups in total. The Labute approximate surface area is 155 Å². The van der Waals surface area contributed by atoms with Crippen LogP contribution >= 0.6 is 0 Å². The zero-order chi connectivity index (χ0) is 18.0. The summed E-state index contributed by atoms with van der Waals surface area (Å²) in [5, 5.41) is 2.84. The monoisotopic (exact) mass is 340 g/mol. The molecule has 0 saturated heterocycles. The van der Waals surface area contributed by atoms with Crippen molar-refractivity contribution >= 4 is 16.5 Å². The lowest BCUT2D eigenvalue weighted by molar-refractivity contribution is 0.267. The van der Waals surface area contributed by atoms with Crippen LogP contribution in [0, 0.1) is 0 Å². The van der Waals surface area contributed by atoms with Crippen LogP contribution in [0.4, 0.5) is 5.69 Å². The summed E-state index contributed by atoms with van der Waals surface area (Å²) in [6, 6.07) is 15.9. The van der Waals surface area contributed by atoms with E-state index in [2.05, 4.69) is 63.2 Å². The number of benzene rings is 2. The minimum atomic E-state index is 1.17. The number of fused-ring (bicyclic) bond motifs is 1. The highest BCUT2D eigenvalue weighted by molar-refractivity contribution is 5.93. The molecule has 1 heteroatoms. The fourth-order valence-corrected chi connectivity index (χ4v) is 4.37. The quantitative estimate of drug-likeness (QED) is 0.280. The van der Waals surface area contributed by atoms with Crippen LogP contribution in [0.15, 0.2) is 42.5 Å². The molecule has 0 aliphatic heterocycles. The molecule has 0 saturated carbocycles. The van der Waals surface area contributed by atoms with Gasteiger partial charge in [0.1, 0.15) is 5.69 Å². The van der Waals surface area contributed by atoms with Crippen molar-refractivity contribution in [1.82, 2.24) is 4.48 Å². The first-order valence-electron chi connectivity index (χ1n) is 10.6. The van der Waals surface area contributed by atoms with E-state index in [0.29, 0.717) is 0 Å². The molecule has 0 amide bonds. The molecular formula is C24H38N+. The maximum Gasteiger partial charge on any atom is 0.140 e. The molecule has 1 nitrogen and oxygen atoms in total. The highest BCUT2D eigenvalue weighted by Gasteiger charge is 2.29. The van der Waals surface area contributed by atoms with Crippen molar-refractivity contribution in [2.24, 2.45) is 0 Å². The minimum absolute atomic E-state index is 1.17. The molecule has 0 atom stereocenters. The van der Waals surface area contributed by atoms with Gasteiger partial charge in [-0.1, -0.05) is 76.8 Å². The van der Waals surface area contributed by atoms with Crippen molar-refractivity contribution in [2.45, 2.75) is 72.1 Å². The van der Waals surface area contributed by atoms with Crippen LogP contribution < -0.4 is 4.48 Å². The third-order valence-corrected chi connectivity index (χ3v) is 5.52. The molecule has 0 aliphatic carbocycles. The third kappa shape index (κ3) is 5.31. The van der Waals surface area contributed by atoms with Gasteiger partial charge in [-0.15, -0.1) is 0 Å². The molecule has 0 unspecified atom stereocenters. The number of nitrogens with zero attached hydrogens (tertiary/aromatic N) is 1. The summed E-state index contributed by atoms with van der Waals surface area (Å²) in [6.07, 6.45) is 10.8. The number of hydrogen-bond donors (Lipinski definition) is 0. The van der Waals surface area contributed by atoms with Crippen LogP contribution in [0.2, 0.25) is 0 Å². The van der Waals surface area contributed by atoms with Gasteiger partial charge in [0, 0.05) is 5.39 Å². The van der Waals surface area contributed by atoms with Gasteiger partial charge in [-0.2, -0.15) is 0 Å². The van der Waals surface area contributed by atoms with Crippen molar-refractivity contribution in [1.29, 1.82) is 0 Å². The fourth-order valence-electron chi connectivity index (χ4n) is 4.37. The molecule has 0 aromatic heterocycles. The van der Waals surface area contributed by atoms with Gasteiger partial charge in [0.2, 0.25) is 0 Å². The van der Waals surface area contributed by atoms with E-state index in [1.807, 2.05) is 0 Å². The smallest absolute Gasteiger partial charge is 0.140 e. The van der Waals surface area contributed by atoms with E-state index in [1.54, 1.807) is 5.69 Å². The van der Waals surface area contributed by atoms with Gasteiger partial charge in [-0.25, -0.2) is 0 Å². The molecule has 138 valence electrons. The average Bonchev–Trinajstić information content (AvgIpc) is 2.64. The standard InChI is InChI=1S/C24H38N/c1-4-7-8-9-10-13-21-25(19-5-2,20-6-3)24-18-14-16-22-15-11-12-17-23(22)24/h11-12,14-18H,4-10,13,19-21H2,1-3H3/q+1. The second-order valence-electron chi connectivity index (χ2n) is 7.58. The molecule has 0 spiro atoms. The Morgan fingerprint density at radius 1 is 0.600 bits per heavy atom. The summed E-state index contributed by atoms with van der Waals surface area (Å²) >= 11 is 0. The summed E-state index contributed by atoms with van der Waals surface area (Å²) in [7, 11) is 0. The number of hydrogen-bond acceptors (Lipinski definition) is 0. The van der Waals surface area contributed by atoms with E-state index in [0.717, 1.165) is 0 Å². The largest absolute Gasteiger partial charge is 0.291 e. The van der Waals surface area contributed by atoms with E-state index in [-0.39, 0.29) is 0 Å². The lowest BCUT2D eigenvalue weighted by Gasteiger charge is -2.39. The Morgan fingerprint density at radius 3 is 1.96 bits per heavy atom. The summed E-state index contributed by atoms with van der Waals surface area (Å²) < 4.78 is 1.17. The van der Waals surface area contributed by atoms with Crippen molar-refractivity contribution < 1.29 is 0 Å². The maximum absolute atomic E-state index is 2.39. The van der Waals surface area contributed by atoms with Crippen molar-refractivity contribution in [2.75, 3.05) is 19.6 Å². The molecule has 2 aromatic carbocycles. The lowest BCUT2D eigenvalue weighted by Crippen LogP contribution is -2.51. The molecule has 25 heavy (non-hydrogen) atoms. The van der Waals surface area contributed by atoms with Gasteiger partial charge in [0.15, 0.2) is 0 Å². The van der Waals surface area contributed by atoms with Crippen LogP contribution in [0.5, 0.6) is 0 Å². The molecule has 0 heterocycles. The molecule has 2 aromatic rings. The van der Waals surface area contributed by atoms with Crippen LogP contribution in [0.1, 0.15) is 72.1 Å². The number of unbranched alkanes of at least 4 members (excludes halogenated alkanes) is 5. The van der Waals surface area contributed by atoms with Crippen molar-refractivity contribution in [3.8, 4) is 0 Å². The predicted octanol–water partition coefficient (Wildman–Crippen LogP) is 7.33. The van der Waals surface area contributed by atoms with E-state index in [9.17, 15) is 0 Å². The highest BCUT2D eigenvalue weighted by Crippen LogP contribution is 2.33. The topological polar surface area (TPSA) is 0 Å². The van der Waals surface area contributed by atoms with Crippen LogP contribution in [-0.4, -0.2) is 19.6 Å². The second-order valence-corrected chi connectivity index (χ2v) is 7.58. The Kier molecular flexibility index (Phi) is 8.48. The van der Waals surface area contributed by atoms with E-state index in [1.165, 1.54) is 86.3 Å². The van der Waals surface area contributed by atoms with Crippen molar-refractivity contribution in [3.63, 3.8) is 0 Å². The first kappa shape index (κ1) is 20.0. The van der Waals surface area contributed by atoms with E-state index in [4.69, 9.17) is 0 Å². The highest BCUT2D eigenvalue weighted by atomic mass is 15.4. The van der Waals surface area contributed by atoms with Crippen molar-refractivity contribution in [3.05, 3.63) is 42.5 Å². The zero-order valence-corrected chi connectivity index (χ0v) is 16.8. The molecule has 0 fully saturated rings. The Morgan fingerprint density at radius 2 is 1.24 bits per heavy atom. The van der Waals surface area contributed by atoms with Crippen LogP contribution in [0.25, 0.3) is 10.8 Å². The molecule has 0 radical (unpaired) electrons. The Bertz CT molecular complexity index is 605. The van der Waals surface area contributed by atoms with Gasteiger partial charge in [0.25, 0.3) is 0 Å². The second kappa shape index (κ2) is 10.6. The fraction of sp³-hybridized carbons (Fsp3) is 0.583. The summed E-state index contributed by atoms with van der Waals surface area (Å²) in [5.41, 5.74) is 1.55. The third-order valence-electron chi connectivity index (χ3n) is 5.52. The van der Waals surface area contributed by atoms with Gasteiger partial charge in [0.05, 0.1) is 19.6 Å². The Hall–Kier alpha value is -1.34. The minimum Gasteiger partial charge on any atom is -0.291 e. The van der Waals surface area contributed by atoms with E-state index >= 15 is 0 Å². The SMILES string of the molecule is CCCCCCCC[N+](CCC)(CCC)c1cccc2ccccc12. The average molecular weight is 341 g/mol. The molecular weight excluding hydrogens is 302 g/mol. The number of quaternary nitrogens is 1. The zero-order valence-electron chi connectivity index (χ0n) is 16.8. The van der Waals surface area contributed by atoms with Gasteiger partial charge in [-0.05, 0) is 43.2 Å². The van der Waals surface area contributed by atoms with Crippen LogP contribution in [0.3, 0.4) is 0 Å². The maximum atomic E-state index is 2.39. The van der Waals surface area contributed by atoms with Gasteiger partial charge in [-0.3, -0.25) is 4.48 Å². The molecule has 2 rings (SSSR count). The molecule has 0 bridgehead atoms.